The average Bonchev–Trinajstić information content (AvgIpc) is 2.78. The van der Waals surface area contributed by atoms with Crippen molar-refractivity contribution in [3.63, 3.8) is 0 Å². The van der Waals surface area contributed by atoms with Gasteiger partial charge in [-0.3, -0.25) is 0 Å². The molecule has 0 fully saturated rings. The van der Waals surface area contributed by atoms with Crippen LogP contribution in [0.2, 0.25) is 0 Å². The molecule has 3 rings (SSSR count). The fourth-order valence-electron chi connectivity index (χ4n) is 1.64. The van der Waals surface area contributed by atoms with Crippen LogP contribution in [0, 0.1) is 0 Å². The van der Waals surface area contributed by atoms with Crippen LogP contribution in [-0.4, -0.2) is 9.97 Å². The Kier molecular flexibility index (Phi) is 2.38. The molecule has 2 aromatic heterocycles. The van der Waals surface area contributed by atoms with Gasteiger partial charge in [0.25, 0.3) is 0 Å². The van der Waals surface area contributed by atoms with Crippen molar-refractivity contribution in [1.82, 2.24) is 9.97 Å². The number of anilines is 3. The summed E-state index contributed by atoms with van der Waals surface area (Å²) in [7, 11) is 0. The Labute approximate surface area is 102 Å². The fourth-order valence-corrected chi connectivity index (χ4v) is 2.38. The summed E-state index contributed by atoms with van der Waals surface area (Å²) >= 11 is 1.60. The van der Waals surface area contributed by atoms with Gasteiger partial charge in [-0.25, -0.2) is 9.97 Å². The summed E-state index contributed by atoms with van der Waals surface area (Å²) in [6, 6.07) is 9.60. The molecule has 2 heterocycles. The maximum absolute atomic E-state index is 5.73. The molecule has 0 radical (unpaired) electrons. The molecule has 0 saturated heterocycles. The van der Waals surface area contributed by atoms with E-state index >= 15 is 0 Å². The van der Waals surface area contributed by atoms with Crippen LogP contribution in [0.1, 0.15) is 0 Å². The predicted molar refractivity (Wildman–Crippen MR) is 71.6 cm³/mol. The average molecular weight is 242 g/mol. The second-order valence-electron chi connectivity index (χ2n) is 3.61. The molecule has 3 N–H and O–H groups in total. The number of benzene rings is 1. The molecular weight excluding hydrogens is 232 g/mol. The van der Waals surface area contributed by atoms with Crippen molar-refractivity contribution < 1.29 is 0 Å². The Morgan fingerprint density at radius 2 is 2.12 bits per heavy atom. The van der Waals surface area contributed by atoms with Crippen LogP contribution >= 0.6 is 11.3 Å². The zero-order valence-electron chi connectivity index (χ0n) is 8.92. The highest BCUT2D eigenvalue weighted by atomic mass is 32.1. The van der Waals surface area contributed by atoms with E-state index in [9.17, 15) is 0 Å². The van der Waals surface area contributed by atoms with E-state index in [4.69, 9.17) is 5.73 Å². The number of hydrogen-bond acceptors (Lipinski definition) is 5. The molecular formula is C12H10N4S. The first-order chi connectivity index (χ1) is 8.33. The lowest BCUT2D eigenvalue weighted by Crippen LogP contribution is -1.95. The van der Waals surface area contributed by atoms with Crippen LogP contribution in [0.5, 0.6) is 0 Å². The standard InChI is InChI=1S/C12H10N4S/c13-8-2-1-3-9(6-8)16-11-10-4-5-17-12(10)15-7-14-11/h1-7H,13H2,(H,14,15,16). The minimum absolute atomic E-state index is 0.727. The van der Waals surface area contributed by atoms with Crippen molar-refractivity contribution in [3.8, 4) is 0 Å². The first-order valence-electron chi connectivity index (χ1n) is 5.14. The van der Waals surface area contributed by atoms with Gasteiger partial charge in [0.15, 0.2) is 0 Å². The molecule has 0 amide bonds. The molecule has 3 aromatic rings. The van der Waals surface area contributed by atoms with Crippen LogP contribution in [0.3, 0.4) is 0 Å². The summed E-state index contributed by atoms with van der Waals surface area (Å²) in [4.78, 5) is 9.43. The molecule has 0 aliphatic rings. The summed E-state index contributed by atoms with van der Waals surface area (Å²) < 4.78 is 0. The minimum atomic E-state index is 0.727. The Morgan fingerprint density at radius 1 is 1.18 bits per heavy atom. The Balaban J connectivity index is 2.02. The smallest absolute Gasteiger partial charge is 0.142 e. The maximum atomic E-state index is 5.73. The van der Waals surface area contributed by atoms with Crippen molar-refractivity contribution in [2.24, 2.45) is 0 Å². The Hall–Kier alpha value is -2.14. The van der Waals surface area contributed by atoms with E-state index < -0.39 is 0 Å². The number of hydrogen-bond donors (Lipinski definition) is 2. The van der Waals surface area contributed by atoms with Gasteiger partial charge in [0, 0.05) is 11.4 Å². The highest BCUT2D eigenvalue weighted by Crippen LogP contribution is 2.26. The highest BCUT2D eigenvalue weighted by molar-refractivity contribution is 7.16. The fraction of sp³-hybridized carbons (Fsp3) is 0. The Morgan fingerprint density at radius 3 is 3.00 bits per heavy atom. The maximum Gasteiger partial charge on any atom is 0.142 e. The highest BCUT2D eigenvalue weighted by Gasteiger charge is 2.04. The quantitative estimate of drug-likeness (QED) is 0.678. The molecule has 1 aromatic carbocycles. The second-order valence-corrected chi connectivity index (χ2v) is 4.51. The lowest BCUT2D eigenvalue weighted by atomic mass is 10.2. The van der Waals surface area contributed by atoms with Gasteiger partial charge in [-0.05, 0) is 29.6 Å². The zero-order valence-corrected chi connectivity index (χ0v) is 9.74. The van der Waals surface area contributed by atoms with Crippen molar-refractivity contribution >= 4 is 38.7 Å². The number of aromatic nitrogens is 2. The summed E-state index contributed by atoms with van der Waals surface area (Å²) in [5.74, 6) is 0.807. The lowest BCUT2D eigenvalue weighted by Gasteiger charge is -2.06. The molecule has 0 aliphatic heterocycles. The summed E-state index contributed by atoms with van der Waals surface area (Å²) in [6.07, 6.45) is 1.56. The van der Waals surface area contributed by atoms with Crippen molar-refractivity contribution in [2.45, 2.75) is 0 Å². The number of fused-ring (bicyclic) bond motifs is 1. The number of nitrogens with one attached hydrogen (secondary N) is 1. The van der Waals surface area contributed by atoms with E-state index in [1.165, 1.54) is 0 Å². The van der Waals surface area contributed by atoms with Gasteiger partial charge in [-0.2, -0.15) is 0 Å². The van der Waals surface area contributed by atoms with E-state index in [0.29, 0.717) is 0 Å². The monoisotopic (exact) mass is 242 g/mol. The molecule has 84 valence electrons. The second kappa shape index (κ2) is 4.03. The van der Waals surface area contributed by atoms with Crippen LogP contribution in [0.4, 0.5) is 17.2 Å². The van der Waals surface area contributed by atoms with E-state index in [1.807, 2.05) is 35.7 Å². The van der Waals surface area contributed by atoms with Gasteiger partial charge in [-0.1, -0.05) is 6.07 Å². The number of nitrogens with zero attached hydrogens (tertiary/aromatic N) is 2. The number of nitrogen functional groups attached to an aromatic ring is 1. The SMILES string of the molecule is Nc1cccc(Nc2ncnc3sccc23)c1. The van der Waals surface area contributed by atoms with Gasteiger partial charge in [0.2, 0.25) is 0 Å². The molecule has 0 atom stereocenters. The summed E-state index contributed by atoms with van der Waals surface area (Å²) in [5.41, 5.74) is 7.39. The van der Waals surface area contributed by atoms with Crippen LogP contribution < -0.4 is 11.1 Å². The Bertz CT molecular complexity index is 662. The number of nitrogens with two attached hydrogens (primary N) is 1. The molecule has 0 saturated carbocycles. The van der Waals surface area contributed by atoms with Crippen molar-refractivity contribution in [3.05, 3.63) is 42.0 Å². The third-order valence-electron chi connectivity index (χ3n) is 2.41. The molecule has 5 heteroatoms. The summed E-state index contributed by atoms with van der Waals surface area (Å²) in [6.45, 7) is 0. The van der Waals surface area contributed by atoms with E-state index in [0.717, 1.165) is 27.4 Å². The van der Waals surface area contributed by atoms with Gasteiger partial charge in [0.1, 0.15) is 17.0 Å². The first kappa shape index (κ1) is 10.0. The van der Waals surface area contributed by atoms with Crippen LogP contribution in [-0.2, 0) is 0 Å². The van der Waals surface area contributed by atoms with Crippen molar-refractivity contribution in [1.29, 1.82) is 0 Å². The minimum Gasteiger partial charge on any atom is -0.399 e. The molecule has 0 unspecified atom stereocenters. The topological polar surface area (TPSA) is 63.8 Å². The molecule has 0 aliphatic carbocycles. The normalized spacial score (nSPS) is 10.6. The van der Waals surface area contributed by atoms with Gasteiger partial charge in [-0.15, -0.1) is 11.3 Å². The van der Waals surface area contributed by atoms with Gasteiger partial charge < -0.3 is 11.1 Å². The third kappa shape index (κ3) is 1.92. The number of thiophene rings is 1. The molecule has 4 nitrogen and oxygen atoms in total. The van der Waals surface area contributed by atoms with Crippen molar-refractivity contribution in [2.75, 3.05) is 11.1 Å². The molecule has 0 spiro atoms. The van der Waals surface area contributed by atoms with Gasteiger partial charge in [0.05, 0.1) is 5.39 Å². The predicted octanol–water partition coefficient (Wildman–Crippen LogP) is 3.02. The third-order valence-corrected chi connectivity index (χ3v) is 3.23. The van der Waals surface area contributed by atoms with Crippen LogP contribution in [0.25, 0.3) is 10.2 Å². The van der Waals surface area contributed by atoms with Gasteiger partial charge >= 0.3 is 0 Å². The molecule has 0 bridgehead atoms. The largest absolute Gasteiger partial charge is 0.399 e. The first-order valence-corrected chi connectivity index (χ1v) is 6.02. The van der Waals surface area contributed by atoms with Crippen LogP contribution in [0.15, 0.2) is 42.0 Å². The summed E-state index contributed by atoms with van der Waals surface area (Å²) in [5, 5.41) is 6.28. The lowest BCUT2D eigenvalue weighted by molar-refractivity contribution is 1.23. The zero-order chi connectivity index (χ0) is 11.7. The molecule has 17 heavy (non-hydrogen) atoms. The number of rotatable bonds is 2. The van der Waals surface area contributed by atoms with E-state index in [-0.39, 0.29) is 0 Å². The van der Waals surface area contributed by atoms with E-state index in [1.54, 1.807) is 17.7 Å². The van der Waals surface area contributed by atoms with E-state index in [2.05, 4.69) is 15.3 Å².